The summed E-state index contributed by atoms with van der Waals surface area (Å²) < 4.78 is 12.4. The van der Waals surface area contributed by atoms with Crippen molar-refractivity contribution in [2.45, 2.75) is 13.0 Å². The van der Waals surface area contributed by atoms with E-state index in [1.807, 2.05) is 24.3 Å². The second-order valence-corrected chi connectivity index (χ2v) is 8.83. The maximum Gasteiger partial charge on any atom is 0.260 e. The van der Waals surface area contributed by atoms with Crippen LogP contribution >= 0.6 is 11.6 Å². The fourth-order valence-corrected chi connectivity index (χ4v) is 4.43. The molecule has 0 spiro atoms. The van der Waals surface area contributed by atoms with Crippen molar-refractivity contribution in [3.8, 4) is 22.6 Å². The van der Waals surface area contributed by atoms with Gasteiger partial charge in [0, 0.05) is 55.1 Å². The van der Waals surface area contributed by atoms with Gasteiger partial charge in [0.15, 0.2) is 0 Å². The Hall–Kier alpha value is -4.37. The van der Waals surface area contributed by atoms with Crippen molar-refractivity contribution < 1.29 is 14.3 Å². The SMILES string of the molecule is C=CC(=O)N(C)c1cccc(CCn2c(=O)c(-c3cc(OC)cc(OC)c3Cl)cc3cnc(NC)nc32)c1. The van der Waals surface area contributed by atoms with E-state index in [4.69, 9.17) is 21.1 Å². The summed E-state index contributed by atoms with van der Waals surface area (Å²) in [4.78, 5) is 36.4. The van der Waals surface area contributed by atoms with Crippen molar-refractivity contribution in [2.24, 2.45) is 0 Å². The molecule has 196 valence electrons. The average molecular weight is 534 g/mol. The van der Waals surface area contributed by atoms with Gasteiger partial charge in [-0.3, -0.25) is 14.2 Å². The van der Waals surface area contributed by atoms with Crippen LogP contribution in [-0.4, -0.2) is 48.8 Å². The van der Waals surface area contributed by atoms with Gasteiger partial charge in [0.2, 0.25) is 11.9 Å². The first-order chi connectivity index (χ1) is 18.3. The minimum absolute atomic E-state index is 0.209. The van der Waals surface area contributed by atoms with Crippen LogP contribution < -0.4 is 25.2 Å². The molecule has 4 aromatic rings. The molecule has 0 radical (unpaired) electrons. The predicted octanol–water partition coefficient (Wildman–Crippen LogP) is 4.56. The van der Waals surface area contributed by atoms with E-state index in [-0.39, 0.29) is 11.5 Å². The molecule has 0 aliphatic rings. The lowest BCUT2D eigenvalue weighted by atomic mass is 10.0. The van der Waals surface area contributed by atoms with Crippen molar-refractivity contribution in [3.63, 3.8) is 0 Å². The van der Waals surface area contributed by atoms with E-state index in [1.54, 1.807) is 43.1 Å². The van der Waals surface area contributed by atoms with Crippen LogP contribution in [0, 0.1) is 0 Å². The zero-order chi connectivity index (χ0) is 27.4. The predicted molar refractivity (Wildman–Crippen MR) is 151 cm³/mol. The normalized spacial score (nSPS) is 10.8. The molecule has 38 heavy (non-hydrogen) atoms. The average Bonchev–Trinajstić information content (AvgIpc) is 2.95. The number of carbonyl (C=O) groups is 1. The molecule has 0 saturated carbocycles. The van der Waals surface area contributed by atoms with E-state index in [1.165, 1.54) is 25.2 Å². The highest BCUT2D eigenvalue weighted by Crippen LogP contribution is 2.38. The lowest BCUT2D eigenvalue weighted by Gasteiger charge is -2.17. The second-order valence-electron chi connectivity index (χ2n) is 8.45. The molecule has 10 heteroatoms. The minimum atomic E-state index is -0.273. The molecule has 2 aromatic carbocycles. The molecular weight excluding hydrogens is 506 g/mol. The number of ether oxygens (including phenoxy) is 2. The van der Waals surface area contributed by atoms with Crippen LogP contribution in [0.4, 0.5) is 11.6 Å². The molecule has 0 unspecified atom stereocenters. The highest BCUT2D eigenvalue weighted by Gasteiger charge is 2.19. The van der Waals surface area contributed by atoms with E-state index in [9.17, 15) is 9.59 Å². The number of likely N-dealkylation sites (N-methyl/N-ethyl adjacent to an activating group) is 1. The van der Waals surface area contributed by atoms with Crippen LogP contribution in [0.1, 0.15) is 5.56 Å². The second kappa shape index (κ2) is 11.4. The number of benzene rings is 2. The zero-order valence-corrected chi connectivity index (χ0v) is 22.4. The summed E-state index contributed by atoms with van der Waals surface area (Å²) >= 11 is 6.64. The van der Waals surface area contributed by atoms with Gasteiger partial charge in [0.1, 0.15) is 17.1 Å². The first kappa shape index (κ1) is 26.7. The Labute approximate surface area is 225 Å². The van der Waals surface area contributed by atoms with Gasteiger partial charge in [-0.15, -0.1) is 0 Å². The first-order valence-corrected chi connectivity index (χ1v) is 12.2. The molecule has 4 rings (SSSR count). The molecule has 0 aliphatic carbocycles. The number of hydrogen-bond acceptors (Lipinski definition) is 7. The lowest BCUT2D eigenvalue weighted by molar-refractivity contribution is -0.113. The number of fused-ring (bicyclic) bond motifs is 1. The van der Waals surface area contributed by atoms with Crippen molar-refractivity contribution in [1.29, 1.82) is 0 Å². The number of carbonyl (C=O) groups excluding carboxylic acids is 1. The maximum absolute atomic E-state index is 13.9. The third-order valence-electron chi connectivity index (χ3n) is 6.24. The molecule has 9 nitrogen and oxygen atoms in total. The van der Waals surface area contributed by atoms with Crippen LogP contribution in [0.25, 0.3) is 22.2 Å². The smallest absolute Gasteiger partial charge is 0.260 e. The number of halogens is 1. The lowest BCUT2D eigenvalue weighted by Crippen LogP contribution is -2.25. The summed E-state index contributed by atoms with van der Waals surface area (Å²) in [5.41, 5.74) is 2.73. The fraction of sp³-hybridized carbons (Fsp3) is 0.214. The molecule has 2 heterocycles. The summed E-state index contributed by atoms with van der Waals surface area (Å²) in [6, 6.07) is 12.7. The number of aryl methyl sites for hydroxylation is 2. The number of methoxy groups -OCH3 is 2. The van der Waals surface area contributed by atoms with Gasteiger partial charge in [-0.25, -0.2) is 4.98 Å². The molecule has 0 fully saturated rings. The maximum atomic E-state index is 13.9. The molecular formula is C28H28ClN5O4. The summed E-state index contributed by atoms with van der Waals surface area (Å²) in [6.45, 7) is 3.87. The molecule has 0 bridgehead atoms. The van der Waals surface area contributed by atoms with Gasteiger partial charge in [-0.05, 0) is 42.3 Å². The molecule has 1 N–H and O–H groups in total. The first-order valence-electron chi connectivity index (χ1n) is 11.8. The van der Waals surface area contributed by atoms with Gasteiger partial charge in [0.25, 0.3) is 5.56 Å². The Bertz CT molecular complexity index is 1580. The van der Waals surface area contributed by atoms with Gasteiger partial charge in [-0.1, -0.05) is 30.3 Å². The molecule has 0 atom stereocenters. The van der Waals surface area contributed by atoms with E-state index in [0.717, 1.165) is 11.3 Å². The van der Waals surface area contributed by atoms with E-state index in [2.05, 4.69) is 21.9 Å². The quantitative estimate of drug-likeness (QED) is 0.315. The number of hydrogen-bond donors (Lipinski definition) is 1. The largest absolute Gasteiger partial charge is 0.497 e. The highest BCUT2D eigenvalue weighted by atomic mass is 35.5. The van der Waals surface area contributed by atoms with Gasteiger partial charge >= 0.3 is 0 Å². The summed E-state index contributed by atoms with van der Waals surface area (Å²) in [7, 11) is 6.44. The van der Waals surface area contributed by atoms with Crippen LogP contribution in [0.2, 0.25) is 5.02 Å². The van der Waals surface area contributed by atoms with E-state index >= 15 is 0 Å². The van der Waals surface area contributed by atoms with Gasteiger partial charge in [0.05, 0.1) is 19.2 Å². The summed E-state index contributed by atoms with van der Waals surface area (Å²) in [5, 5.41) is 3.89. The Morgan fingerprint density at radius 1 is 1.18 bits per heavy atom. The Morgan fingerprint density at radius 3 is 2.66 bits per heavy atom. The third kappa shape index (κ3) is 5.19. The minimum Gasteiger partial charge on any atom is -0.497 e. The number of amides is 1. The highest BCUT2D eigenvalue weighted by molar-refractivity contribution is 6.35. The van der Waals surface area contributed by atoms with Crippen LogP contribution in [0.5, 0.6) is 11.5 Å². The Kier molecular flexibility index (Phi) is 7.97. The molecule has 2 aromatic heterocycles. The van der Waals surface area contributed by atoms with Crippen molar-refractivity contribution in [3.05, 3.63) is 82.3 Å². The van der Waals surface area contributed by atoms with Crippen molar-refractivity contribution >= 4 is 40.2 Å². The van der Waals surface area contributed by atoms with Crippen LogP contribution in [0.15, 0.2) is 66.1 Å². The Balaban J connectivity index is 1.84. The topological polar surface area (TPSA) is 98.6 Å². The zero-order valence-electron chi connectivity index (χ0n) is 21.6. The standard InChI is InChI=1S/C28H28ClN5O4/c1-6-24(35)33(3)19-9-7-8-17(12-19)10-11-34-26-18(16-31-28(30-2)32-26)13-22(27(34)36)21-14-20(37-4)15-23(38-5)25(21)29/h6-9,12-16H,1,10-11H2,2-5H3,(H,30,31,32). The molecule has 0 aliphatic heterocycles. The third-order valence-corrected chi connectivity index (χ3v) is 6.63. The number of aromatic nitrogens is 3. The number of nitrogens with one attached hydrogen (secondary N) is 1. The monoisotopic (exact) mass is 533 g/mol. The summed E-state index contributed by atoms with van der Waals surface area (Å²) in [6.07, 6.45) is 3.44. The van der Waals surface area contributed by atoms with Gasteiger partial charge < -0.3 is 19.7 Å². The molecule has 1 amide bonds. The van der Waals surface area contributed by atoms with E-state index in [0.29, 0.717) is 57.6 Å². The number of anilines is 2. The number of nitrogens with zero attached hydrogens (tertiary/aromatic N) is 4. The van der Waals surface area contributed by atoms with Crippen molar-refractivity contribution in [2.75, 3.05) is 38.5 Å². The Morgan fingerprint density at radius 2 is 1.97 bits per heavy atom. The fourth-order valence-electron chi connectivity index (χ4n) is 4.14. The van der Waals surface area contributed by atoms with Gasteiger partial charge in [-0.2, -0.15) is 4.98 Å². The molecule has 0 saturated heterocycles. The van der Waals surface area contributed by atoms with E-state index < -0.39 is 0 Å². The van der Waals surface area contributed by atoms with Crippen molar-refractivity contribution in [1.82, 2.24) is 14.5 Å². The number of pyridine rings is 1. The number of rotatable bonds is 9. The summed E-state index contributed by atoms with van der Waals surface area (Å²) in [5.74, 6) is 1.08. The van der Waals surface area contributed by atoms with Crippen LogP contribution in [-0.2, 0) is 17.8 Å². The van der Waals surface area contributed by atoms with Crippen LogP contribution in [0.3, 0.4) is 0 Å².